The Balaban J connectivity index is 2.14. The van der Waals surface area contributed by atoms with Crippen LogP contribution in [-0.4, -0.2) is 7.05 Å². The zero-order chi connectivity index (χ0) is 14.0. The summed E-state index contributed by atoms with van der Waals surface area (Å²) in [6.45, 7) is 6.84. The molecule has 1 aliphatic carbocycles. The number of aryl methyl sites for hydroxylation is 1. The maximum atomic E-state index is 6.27. The molecule has 0 saturated heterocycles. The molecule has 1 atom stereocenters. The largest absolute Gasteiger partial charge is 0.313 e. The molecule has 1 aliphatic rings. The Bertz CT molecular complexity index is 429. The lowest BCUT2D eigenvalue weighted by atomic mass is 9.70. The van der Waals surface area contributed by atoms with Gasteiger partial charge >= 0.3 is 0 Å². The van der Waals surface area contributed by atoms with E-state index >= 15 is 0 Å². The summed E-state index contributed by atoms with van der Waals surface area (Å²) in [5, 5.41) is 4.39. The molecule has 2 rings (SSSR count). The van der Waals surface area contributed by atoms with Crippen LogP contribution >= 0.6 is 11.6 Å². The van der Waals surface area contributed by atoms with Gasteiger partial charge < -0.3 is 5.32 Å². The van der Waals surface area contributed by atoms with Crippen LogP contribution in [0.1, 0.15) is 56.7 Å². The summed E-state index contributed by atoms with van der Waals surface area (Å²) in [5.74, 6) is 0.733. The molecule has 1 nitrogen and oxygen atoms in total. The molecule has 0 spiro atoms. The van der Waals surface area contributed by atoms with Gasteiger partial charge in [-0.1, -0.05) is 37.6 Å². The van der Waals surface area contributed by atoms with Crippen LogP contribution in [0.25, 0.3) is 0 Å². The minimum Gasteiger partial charge on any atom is -0.313 e. The van der Waals surface area contributed by atoms with Crippen LogP contribution in [-0.2, 0) is 0 Å². The number of benzene rings is 1. The van der Waals surface area contributed by atoms with Gasteiger partial charge in [0.15, 0.2) is 0 Å². The molecular weight excluding hydrogens is 254 g/mol. The van der Waals surface area contributed by atoms with Crippen molar-refractivity contribution in [2.45, 2.75) is 52.5 Å². The van der Waals surface area contributed by atoms with E-state index < -0.39 is 0 Å². The average Bonchev–Trinajstić information content (AvgIpc) is 2.36. The van der Waals surface area contributed by atoms with Gasteiger partial charge in [-0.25, -0.2) is 0 Å². The van der Waals surface area contributed by atoms with Gasteiger partial charge in [0.25, 0.3) is 0 Å². The van der Waals surface area contributed by atoms with Crippen molar-refractivity contribution >= 4 is 11.6 Å². The maximum absolute atomic E-state index is 6.27. The lowest BCUT2D eigenvalue weighted by molar-refractivity contribution is 0.164. The van der Waals surface area contributed by atoms with Crippen molar-refractivity contribution in [3.8, 4) is 0 Å². The Morgan fingerprint density at radius 3 is 2.42 bits per heavy atom. The van der Waals surface area contributed by atoms with E-state index in [4.69, 9.17) is 11.6 Å². The second kappa shape index (κ2) is 5.85. The maximum Gasteiger partial charge on any atom is 0.0438 e. The smallest absolute Gasteiger partial charge is 0.0438 e. The standard InChI is InChI=1S/C17H26ClN/c1-12-5-6-14(11-15(12)18)16(19-4)13-7-9-17(2,3)10-8-13/h5-6,11,13,16,19H,7-10H2,1-4H3. The number of hydrogen-bond acceptors (Lipinski definition) is 1. The van der Waals surface area contributed by atoms with Crippen LogP contribution in [0.5, 0.6) is 0 Å². The highest BCUT2D eigenvalue weighted by Crippen LogP contribution is 2.42. The first-order valence-electron chi connectivity index (χ1n) is 7.36. The van der Waals surface area contributed by atoms with E-state index in [0.29, 0.717) is 11.5 Å². The van der Waals surface area contributed by atoms with E-state index in [1.165, 1.54) is 31.2 Å². The fraction of sp³-hybridized carbons (Fsp3) is 0.647. The number of rotatable bonds is 3. The molecule has 0 radical (unpaired) electrons. The Morgan fingerprint density at radius 1 is 1.26 bits per heavy atom. The van der Waals surface area contributed by atoms with Crippen LogP contribution < -0.4 is 5.32 Å². The summed E-state index contributed by atoms with van der Waals surface area (Å²) in [6.07, 6.45) is 5.28. The third-order valence-corrected chi connectivity index (χ3v) is 5.13. The second-order valence-electron chi connectivity index (χ2n) is 6.78. The number of halogens is 1. The van der Waals surface area contributed by atoms with E-state index in [-0.39, 0.29) is 0 Å². The van der Waals surface area contributed by atoms with Crippen molar-refractivity contribution in [1.82, 2.24) is 5.32 Å². The Hall–Kier alpha value is -0.530. The predicted molar refractivity (Wildman–Crippen MR) is 83.7 cm³/mol. The van der Waals surface area contributed by atoms with Crippen LogP contribution in [0.3, 0.4) is 0 Å². The minimum absolute atomic E-state index is 0.439. The molecule has 106 valence electrons. The zero-order valence-electron chi connectivity index (χ0n) is 12.6. The molecule has 0 amide bonds. The van der Waals surface area contributed by atoms with E-state index in [1.807, 2.05) is 0 Å². The fourth-order valence-corrected chi connectivity index (χ4v) is 3.42. The molecule has 1 fully saturated rings. The highest BCUT2D eigenvalue weighted by Gasteiger charge is 2.31. The van der Waals surface area contributed by atoms with E-state index in [0.717, 1.165) is 16.5 Å². The third kappa shape index (κ3) is 3.52. The monoisotopic (exact) mass is 279 g/mol. The number of hydrogen-bond donors (Lipinski definition) is 1. The first-order chi connectivity index (χ1) is 8.93. The van der Waals surface area contributed by atoms with Gasteiger partial charge in [0, 0.05) is 11.1 Å². The van der Waals surface area contributed by atoms with Gasteiger partial charge in [0.05, 0.1) is 0 Å². The Labute approximate surface area is 122 Å². The molecule has 1 aromatic carbocycles. The molecule has 1 unspecified atom stereocenters. The molecule has 1 saturated carbocycles. The normalized spacial score (nSPS) is 21.3. The van der Waals surface area contributed by atoms with Crippen molar-refractivity contribution in [3.63, 3.8) is 0 Å². The molecule has 1 aromatic rings. The first kappa shape index (κ1) is 14.9. The predicted octanol–water partition coefficient (Wildman–Crippen LogP) is 5.13. The molecule has 0 bridgehead atoms. The van der Waals surface area contributed by atoms with E-state index in [1.54, 1.807) is 0 Å². The second-order valence-corrected chi connectivity index (χ2v) is 7.18. The van der Waals surface area contributed by atoms with Crippen molar-refractivity contribution in [1.29, 1.82) is 0 Å². The SMILES string of the molecule is CNC(c1ccc(C)c(Cl)c1)C1CCC(C)(C)CC1. The highest BCUT2D eigenvalue weighted by atomic mass is 35.5. The lowest BCUT2D eigenvalue weighted by Crippen LogP contribution is -2.31. The molecule has 1 N–H and O–H groups in total. The quantitative estimate of drug-likeness (QED) is 0.809. The molecule has 2 heteroatoms. The van der Waals surface area contributed by atoms with Gasteiger partial charge in [0.1, 0.15) is 0 Å². The zero-order valence-corrected chi connectivity index (χ0v) is 13.3. The highest BCUT2D eigenvalue weighted by molar-refractivity contribution is 6.31. The fourth-order valence-electron chi connectivity index (χ4n) is 3.23. The lowest BCUT2D eigenvalue weighted by Gasteiger charge is -2.38. The van der Waals surface area contributed by atoms with E-state index in [9.17, 15) is 0 Å². The van der Waals surface area contributed by atoms with Crippen molar-refractivity contribution in [2.75, 3.05) is 7.05 Å². The van der Waals surface area contributed by atoms with Crippen molar-refractivity contribution < 1.29 is 0 Å². The average molecular weight is 280 g/mol. The van der Waals surface area contributed by atoms with Crippen LogP contribution in [0.2, 0.25) is 5.02 Å². The molecule has 0 aromatic heterocycles. The van der Waals surface area contributed by atoms with Gasteiger partial charge in [-0.3, -0.25) is 0 Å². The summed E-state index contributed by atoms with van der Waals surface area (Å²) in [7, 11) is 2.07. The molecular formula is C17H26ClN. The topological polar surface area (TPSA) is 12.0 Å². The van der Waals surface area contributed by atoms with Crippen LogP contribution in [0.4, 0.5) is 0 Å². The Morgan fingerprint density at radius 2 is 1.89 bits per heavy atom. The summed E-state index contributed by atoms with van der Waals surface area (Å²) in [5.41, 5.74) is 3.02. The van der Waals surface area contributed by atoms with Gasteiger partial charge in [-0.2, -0.15) is 0 Å². The van der Waals surface area contributed by atoms with Gasteiger partial charge in [-0.05, 0) is 68.2 Å². The summed E-state index contributed by atoms with van der Waals surface area (Å²) in [4.78, 5) is 0. The van der Waals surface area contributed by atoms with Gasteiger partial charge in [-0.15, -0.1) is 0 Å². The summed E-state index contributed by atoms with van der Waals surface area (Å²) >= 11 is 6.27. The summed E-state index contributed by atoms with van der Waals surface area (Å²) < 4.78 is 0. The van der Waals surface area contributed by atoms with Gasteiger partial charge in [0.2, 0.25) is 0 Å². The van der Waals surface area contributed by atoms with Crippen LogP contribution in [0.15, 0.2) is 18.2 Å². The van der Waals surface area contributed by atoms with Crippen molar-refractivity contribution in [2.24, 2.45) is 11.3 Å². The summed E-state index contributed by atoms with van der Waals surface area (Å²) in [6, 6.07) is 6.93. The molecule has 0 heterocycles. The third-order valence-electron chi connectivity index (χ3n) is 4.72. The number of nitrogens with one attached hydrogen (secondary N) is 1. The van der Waals surface area contributed by atoms with Crippen molar-refractivity contribution in [3.05, 3.63) is 34.3 Å². The molecule has 0 aliphatic heterocycles. The molecule has 19 heavy (non-hydrogen) atoms. The first-order valence-corrected chi connectivity index (χ1v) is 7.74. The Kier molecular flexibility index (Phi) is 4.58. The van der Waals surface area contributed by atoms with Crippen LogP contribution in [0, 0.1) is 18.3 Å². The van der Waals surface area contributed by atoms with E-state index in [2.05, 4.69) is 51.3 Å². The minimum atomic E-state index is 0.439.